The summed E-state index contributed by atoms with van der Waals surface area (Å²) in [6, 6.07) is 25.0. The van der Waals surface area contributed by atoms with Crippen molar-refractivity contribution < 1.29 is 38.1 Å². The first-order chi connectivity index (χ1) is 31.5. The standard InChI is InChI=1S/C49H58N8O8/c1-6-11-39(49(3)64-23-24-65-49)57(42(58)27-50-47(60)62-4)29-41-52-38-21-17-34-26-32(15-19-36(34)45(38)54-41)31-14-18-35-33(25-31)16-20-37-44(35)53-40(51-37)28-56(22-7-2)46(59)43(55-48(61)63-5)30-12-9-8-10-13-30/h8-10,12-16,18-20,25-26,39,41,43,52,54H,6-7,11,17,21-24,27-29H2,1-5H3,(H,50,60)(H,51,53)(H,55,61)/t39?,41?,43-/m1/s1. The molecule has 16 nitrogen and oxygen atoms in total. The van der Waals surface area contributed by atoms with E-state index in [0.717, 1.165) is 75.6 Å². The number of aromatic nitrogens is 2. The van der Waals surface area contributed by atoms with Crippen LogP contribution in [0.2, 0.25) is 0 Å². The maximum absolute atomic E-state index is 14.0. The van der Waals surface area contributed by atoms with E-state index in [-0.39, 0.29) is 37.1 Å². The maximum Gasteiger partial charge on any atom is 0.407 e. The number of aromatic amines is 1. The highest BCUT2D eigenvalue weighted by molar-refractivity contribution is 6.05. The number of nitrogens with one attached hydrogen (secondary N) is 5. The van der Waals surface area contributed by atoms with Crippen molar-refractivity contribution >= 4 is 51.5 Å². The Morgan fingerprint density at radius 1 is 0.892 bits per heavy atom. The van der Waals surface area contributed by atoms with Gasteiger partial charge < -0.3 is 55.0 Å². The minimum Gasteiger partial charge on any atom is -0.453 e. The zero-order valence-corrected chi connectivity index (χ0v) is 37.6. The molecule has 0 spiro atoms. The van der Waals surface area contributed by atoms with Gasteiger partial charge in [0.2, 0.25) is 11.8 Å². The number of hydrogen-bond acceptors (Lipinski definition) is 11. The van der Waals surface area contributed by atoms with E-state index in [2.05, 4.69) is 75.6 Å². The third kappa shape index (κ3) is 9.59. The molecular weight excluding hydrogens is 829 g/mol. The van der Waals surface area contributed by atoms with Crippen molar-refractivity contribution in [2.24, 2.45) is 0 Å². The van der Waals surface area contributed by atoms with E-state index in [9.17, 15) is 19.2 Å². The molecule has 65 heavy (non-hydrogen) atoms. The van der Waals surface area contributed by atoms with Gasteiger partial charge in [0.1, 0.15) is 24.6 Å². The highest BCUT2D eigenvalue weighted by atomic mass is 16.7. The number of nitrogens with zero attached hydrogens (tertiary/aromatic N) is 3. The molecule has 3 atom stereocenters. The van der Waals surface area contributed by atoms with Crippen molar-refractivity contribution in [3.63, 3.8) is 0 Å². The molecule has 1 fully saturated rings. The molecule has 2 unspecified atom stereocenters. The van der Waals surface area contributed by atoms with Crippen LogP contribution in [0.4, 0.5) is 9.59 Å². The van der Waals surface area contributed by atoms with Crippen LogP contribution in [0.5, 0.6) is 0 Å². The third-order valence-electron chi connectivity index (χ3n) is 12.5. The first kappa shape index (κ1) is 44.9. The number of hydrogen-bond donors (Lipinski definition) is 5. The largest absolute Gasteiger partial charge is 0.453 e. The molecule has 2 aliphatic heterocycles. The number of carbonyl (C=O) groups is 4. The lowest BCUT2D eigenvalue weighted by atomic mass is 9.89. The van der Waals surface area contributed by atoms with Crippen molar-refractivity contribution in [3.05, 3.63) is 107 Å². The monoisotopic (exact) mass is 886 g/mol. The predicted octanol–water partition coefficient (Wildman–Crippen LogP) is 6.47. The van der Waals surface area contributed by atoms with Crippen LogP contribution in [0.3, 0.4) is 0 Å². The lowest BCUT2D eigenvalue weighted by molar-refractivity contribution is -0.195. The van der Waals surface area contributed by atoms with E-state index >= 15 is 0 Å². The normalized spacial score (nSPS) is 17.0. The average Bonchev–Trinajstić information content (AvgIpc) is 4.09. The zero-order chi connectivity index (χ0) is 45.7. The summed E-state index contributed by atoms with van der Waals surface area (Å²) in [4.78, 5) is 64.0. The Balaban J connectivity index is 0.990. The Bertz CT molecular complexity index is 2590. The number of carbonyl (C=O) groups excluding carboxylic acids is 4. The van der Waals surface area contributed by atoms with Gasteiger partial charge in [-0.2, -0.15) is 0 Å². The van der Waals surface area contributed by atoms with Crippen molar-refractivity contribution in [1.82, 2.24) is 41.0 Å². The second kappa shape index (κ2) is 19.6. The number of allylic oxidation sites excluding steroid dienone is 1. The molecule has 1 aromatic heterocycles. The number of imidazole rings is 1. The molecule has 3 heterocycles. The number of rotatable bonds is 16. The fourth-order valence-corrected chi connectivity index (χ4v) is 9.33. The van der Waals surface area contributed by atoms with Gasteiger partial charge in [0.05, 0.1) is 63.3 Å². The van der Waals surface area contributed by atoms with Gasteiger partial charge in [-0.05, 0) is 72.4 Å². The van der Waals surface area contributed by atoms with E-state index in [1.54, 1.807) is 9.80 Å². The Kier molecular flexibility index (Phi) is 13.6. The summed E-state index contributed by atoms with van der Waals surface area (Å²) in [7, 11) is 2.55. The van der Waals surface area contributed by atoms with E-state index in [1.165, 1.54) is 19.8 Å². The molecule has 4 aromatic carbocycles. The van der Waals surface area contributed by atoms with Gasteiger partial charge in [-0.15, -0.1) is 0 Å². The van der Waals surface area contributed by atoms with Gasteiger partial charge >= 0.3 is 12.2 Å². The van der Waals surface area contributed by atoms with Crippen LogP contribution in [0, 0.1) is 0 Å². The average molecular weight is 887 g/mol. The van der Waals surface area contributed by atoms with Gasteiger partial charge in [0, 0.05) is 23.2 Å². The minimum absolute atomic E-state index is 0.217. The second-order valence-corrected chi connectivity index (χ2v) is 16.8. The number of alkyl carbamates (subject to hydrolysis) is 2. The Morgan fingerprint density at radius 2 is 1.65 bits per heavy atom. The summed E-state index contributed by atoms with van der Waals surface area (Å²) in [5.41, 5.74) is 9.00. The van der Waals surface area contributed by atoms with E-state index in [0.29, 0.717) is 44.1 Å². The van der Waals surface area contributed by atoms with Crippen molar-refractivity contribution in [2.45, 2.75) is 83.5 Å². The van der Waals surface area contributed by atoms with Crippen molar-refractivity contribution in [2.75, 3.05) is 47.1 Å². The fourth-order valence-electron chi connectivity index (χ4n) is 9.33. The van der Waals surface area contributed by atoms with E-state index in [4.69, 9.17) is 23.9 Å². The molecule has 1 saturated heterocycles. The minimum atomic E-state index is -0.973. The smallest absolute Gasteiger partial charge is 0.407 e. The van der Waals surface area contributed by atoms with Crippen molar-refractivity contribution in [1.29, 1.82) is 0 Å². The van der Waals surface area contributed by atoms with Gasteiger partial charge in [-0.3, -0.25) is 9.59 Å². The van der Waals surface area contributed by atoms with Crippen LogP contribution in [0.15, 0.2) is 84.6 Å². The molecule has 4 amide bonds. The SMILES string of the molecule is CCCC(N(CC1NC2=C(N1)c1ccc(-c3ccc4c(ccc5[nH]c(CN(CCC)C(=O)[C@H](NC(=O)OC)c6ccccc6)nc54)c3)cc1CC2)C(=O)CNC(=O)OC)C1(C)OCCO1. The quantitative estimate of drug-likeness (QED) is 0.0731. The number of benzene rings is 4. The summed E-state index contributed by atoms with van der Waals surface area (Å²) < 4.78 is 21.7. The van der Waals surface area contributed by atoms with Gasteiger partial charge in [-0.25, -0.2) is 14.6 Å². The summed E-state index contributed by atoms with van der Waals surface area (Å²) in [6.45, 7) is 7.66. The predicted molar refractivity (Wildman–Crippen MR) is 246 cm³/mol. The van der Waals surface area contributed by atoms with Crippen LogP contribution in [0.25, 0.3) is 38.6 Å². The molecular formula is C49H58N8O8. The Labute approximate surface area is 378 Å². The highest BCUT2D eigenvalue weighted by Gasteiger charge is 2.45. The van der Waals surface area contributed by atoms with Crippen LogP contribution < -0.4 is 21.3 Å². The van der Waals surface area contributed by atoms with Crippen LogP contribution in [-0.4, -0.2) is 109 Å². The highest BCUT2D eigenvalue weighted by Crippen LogP contribution is 2.37. The molecule has 0 radical (unpaired) electrons. The molecule has 0 saturated carbocycles. The number of amides is 4. The lowest BCUT2D eigenvalue weighted by Crippen LogP contribution is -2.59. The van der Waals surface area contributed by atoms with Crippen molar-refractivity contribution in [3.8, 4) is 11.1 Å². The summed E-state index contributed by atoms with van der Waals surface area (Å²) in [5, 5.41) is 14.6. The Morgan fingerprint density at radius 3 is 2.38 bits per heavy atom. The van der Waals surface area contributed by atoms with Crippen LogP contribution in [0.1, 0.15) is 75.0 Å². The fraction of sp³-hybridized carbons (Fsp3) is 0.408. The molecule has 1 aliphatic carbocycles. The van der Waals surface area contributed by atoms with E-state index < -0.39 is 24.0 Å². The second-order valence-electron chi connectivity index (χ2n) is 16.8. The Hall–Kier alpha value is -6.65. The number of ether oxygens (including phenoxy) is 4. The molecule has 342 valence electrons. The summed E-state index contributed by atoms with van der Waals surface area (Å²) in [5.74, 6) is -0.841. The van der Waals surface area contributed by atoms with E-state index in [1.807, 2.05) is 50.2 Å². The third-order valence-corrected chi connectivity index (χ3v) is 12.5. The molecule has 5 N–H and O–H groups in total. The molecule has 16 heteroatoms. The number of methoxy groups -OCH3 is 2. The first-order valence-corrected chi connectivity index (χ1v) is 22.4. The molecule has 8 rings (SSSR count). The maximum atomic E-state index is 14.0. The first-order valence-electron chi connectivity index (χ1n) is 22.4. The van der Waals surface area contributed by atoms with Gasteiger partial charge in [-0.1, -0.05) is 87.0 Å². The van der Waals surface area contributed by atoms with Crippen LogP contribution >= 0.6 is 0 Å². The summed E-state index contributed by atoms with van der Waals surface area (Å²) >= 11 is 0. The number of aryl methyl sites for hydroxylation is 1. The number of fused-ring (bicyclic) bond motifs is 5. The molecule has 3 aliphatic rings. The van der Waals surface area contributed by atoms with Crippen LogP contribution in [-0.2, 0) is 41.5 Å². The molecule has 0 bridgehead atoms. The van der Waals surface area contributed by atoms with Gasteiger partial charge in [0.15, 0.2) is 5.79 Å². The molecule has 5 aromatic rings. The lowest BCUT2D eigenvalue weighted by Gasteiger charge is -2.41. The topological polar surface area (TPSA) is 188 Å². The zero-order valence-electron chi connectivity index (χ0n) is 37.6. The van der Waals surface area contributed by atoms with Gasteiger partial charge in [0.25, 0.3) is 0 Å². The number of H-pyrrole nitrogens is 1. The summed E-state index contributed by atoms with van der Waals surface area (Å²) in [6.07, 6.45) is 2.21.